The van der Waals surface area contributed by atoms with E-state index in [2.05, 4.69) is 15.8 Å². The summed E-state index contributed by atoms with van der Waals surface area (Å²) < 4.78 is 39.4. The Morgan fingerprint density at radius 2 is 1.56 bits per heavy atom. The molecule has 4 aromatic carbocycles. The molecule has 10 nitrogen and oxygen atoms in total. The Morgan fingerprint density at radius 3 is 2.24 bits per heavy atom. The number of hydrazone groups is 1. The largest absolute Gasteiger partial charge is 0.495 e. The van der Waals surface area contributed by atoms with Crippen molar-refractivity contribution in [1.29, 1.82) is 0 Å². The van der Waals surface area contributed by atoms with Gasteiger partial charge in [0.05, 0.1) is 23.9 Å². The molecule has 0 bridgehead atoms. The minimum atomic E-state index is -4.13. The number of carbonyl (C=O) groups is 2. The first-order chi connectivity index (χ1) is 21.7. The van der Waals surface area contributed by atoms with Gasteiger partial charge in [-0.15, -0.1) is 0 Å². The standard InChI is InChI=1S/C34H36N4O6S/c1-25-9-16-30(17-10-25)45(41,42)38(31-21-26(2)11-18-32(31)43-3)23-33(39)37-36-22-28-12-14-29(15-13-28)44-24-34(40)35-20-19-27-7-5-4-6-8-27/h4-18,21-22H,19-20,23-24H2,1-3H3,(H,35,40)(H,37,39)/b36-22-. The van der Waals surface area contributed by atoms with E-state index in [9.17, 15) is 18.0 Å². The summed E-state index contributed by atoms with van der Waals surface area (Å²) >= 11 is 0. The van der Waals surface area contributed by atoms with Crippen LogP contribution in [0.4, 0.5) is 5.69 Å². The predicted molar refractivity (Wildman–Crippen MR) is 174 cm³/mol. The zero-order chi connectivity index (χ0) is 32.2. The second-order valence-corrected chi connectivity index (χ2v) is 12.1. The highest BCUT2D eigenvalue weighted by atomic mass is 32.2. The van der Waals surface area contributed by atoms with Crippen molar-refractivity contribution in [2.24, 2.45) is 5.10 Å². The molecule has 45 heavy (non-hydrogen) atoms. The predicted octanol–water partition coefficient (Wildman–Crippen LogP) is 4.40. The lowest BCUT2D eigenvalue weighted by Gasteiger charge is -2.25. The van der Waals surface area contributed by atoms with Crippen LogP contribution in [0.1, 0.15) is 22.3 Å². The highest BCUT2D eigenvalue weighted by Gasteiger charge is 2.29. The third kappa shape index (κ3) is 9.41. The van der Waals surface area contributed by atoms with E-state index >= 15 is 0 Å². The molecule has 0 aromatic heterocycles. The van der Waals surface area contributed by atoms with Gasteiger partial charge in [-0.05, 0) is 85.5 Å². The molecular formula is C34H36N4O6S. The Labute approximate surface area is 263 Å². The average molecular weight is 629 g/mol. The number of hydrogen-bond acceptors (Lipinski definition) is 7. The molecule has 2 amide bonds. The van der Waals surface area contributed by atoms with Gasteiger partial charge in [0.25, 0.3) is 21.8 Å². The molecule has 234 valence electrons. The molecular weight excluding hydrogens is 592 g/mol. The SMILES string of the molecule is COc1ccc(C)cc1N(CC(=O)N/N=C\c1ccc(OCC(=O)NCCc2ccccc2)cc1)S(=O)(=O)c1ccc(C)cc1. The van der Waals surface area contributed by atoms with E-state index in [0.29, 0.717) is 23.6 Å². The van der Waals surface area contributed by atoms with Crippen LogP contribution in [-0.2, 0) is 26.0 Å². The zero-order valence-electron chi connectivity index (χ0n) is 25.4. The van der Waals surface area contributed by atoms with Crippen molar-refractivity contribution in [3.63, 3.8) is 0 Å². The lowest BCUT2D eigenvalue weighted by atomic mass is 10.1. The second-order valence-electron chi connectivity index (χ2n) is 10.2. The summed E-state index contributed by atoms with van der Waals surface area (Å²) in [5.74, 6) is -0.0669. The van der Waals surface area contributed by atoms with Crippen molar-refractivity contribution in [1.82, 2.24) is 10.7 Å². The Morgan fingerprint density at radius 1 is 0.867 bits per heavy atom. The zero-order valence-corrected chi connectivity index (χ0v) is 26.2. The monoisotopic (exact) mass is 628 g/mol. The number of methoxy groups -OCH3 is 1. The number of amides is 2. The molecule has 0 saturated carbocycles. The van der Waals surface area contributed by atoms with Crippen LogP contribution in [-0.4, -0.2) is 53.3 Å². The van der Waals surface area contributed by atoms with Crippen LogP contribution >= 0.6 is 0 Å². The second kappa shape index (κ2) is 15.5. The first kappa shape index (κ1) is 32.7. The number of nitrogens with zero attached hydrogens (tertiary/aromatic N) is 2. The summed E-state index contributed by atoms with van der Waals surface area (Å²) in [6.45, 7) is 3.54. The summed E-state index contributed by atoms with van der Waals surface area (Å²) in [7, 11) is -2.69. The first-order valence-corrected chi connectivity index (χ1v) is 15.7. The quantitative estimate of drug-likeness (QED) is 0.158. The van der Waals surface area contributed by atoms with Crippen LogP contribution < -0.4 is 24.5 Å². The molecule has 0 radical (unpaired) electrons. The molecule has 4 aromatic rings. The summed E-state index contributed by atoms with van der Waals surface area (Å²) in [5, 5.41) is 6.83. The summed E-state index contributed by atoms with van der Waals surface area (Å²) in [6.07, 6.45) is 2.15. The van der Waals surface area contributed by atoms with Gasteiger partial charge in [-0.2, -0.15) is 5.10 Å². The number of ether oxygens (including phenoxy) is 2. The van der Waals surface area contributed by atoms with Gasteiger partial charge >= 0.3 is 0 Å². The number of nitrogens with one attached hydrogen (secondary N) is 2. The van der Waals surface area contributed by atoms with Crippen LogP contribution in [0.5, 0.6) is 11.5 Å². The van der Waals surface area contributed by atoms with E-state index in [4.69, 9.17) is 9.47 Å². The third-order valence-electron chi connectivity index (χ3n) is 6.73. The van der Waals surface area contributed by atoms with Gasteiger partial charge in [0.2, 0.25) is 0 Å². The number of benzene rings is 4. The highest BCUT2D eigenvalue weighted by Crippen LogP contribution is 2.33. The van der Waals surface area contributed by atoms with Crippen molar-refractivity contribution in [3.05, 3.63) is 119 Å². The van der Waals surface area contributed by atoms with Gasteiger partial charge in [-0.25, -0.2) is 13.8 Å². The molecule has 11 heteroatoms. The summed E-state index contributed by atoms with van der Waals surface area (Å²) in [6, 6.07) is 28.2. The fourth-order valence-corrected chi connectivity index (χ4v) is 5.74. The maximum Gasteiger partial charge on any atom is 0.264 e. The van der Waals surface area contributed by atoms with Crippen LogP contribution in [0, 0.1) is 13.8 Å². The minimum absolute atomic E-state index is 0.0416. The maximum atomic E-state index is 13.7. The molecule has 0 unspecified atom stereocenters. The molecule has 0 aliphatic rings. The molecule has 0 aliphatic carbocycles. The fourth-order valence-electron chi connectivity index (χ4n) is 4.32. The average Bonchev–Trinajstić information content (AvgIpc) is 3.04. The lowest BCUT2D eigenvalue weighted by Crippen LogP contribution is -2.39. The third-order valence-corrected chi connectivity index (χ3v) is 8.50. The van der Waals surface area contributed by atoms with E-state index < -0.39 is 22.5 Å². The van der Waals surface area contributed by atoms with Crippen LogP contribution in [0.15, 0.2) is 107 Å². The topological polar surface area (TPSA) is 126 Å². The smallest absolute Gasteiger partial charge is 0.264 e. The highest BCUT2D eigenvalue weighted by molar-refractivity contribution is 7.92. The number of sulfonamides is 1. The van der Waals surface area contributed by atoms with E-state index in [1.165, 1.54) is 25.5 Å². The lowest BCUT2D eigenvalue weighted by molar-refractivity contribution is -0.123. The minimum Gasteiger partial charge on any atom is -0.495 e. The Hall–Kier alpha value is -5.16. The van der Waals surface area contributed by atoms with Crippen molar-refractivity contribution in [2.75, 3.05) is 31.1 Å². The number of aryl methyl sites for hydroxylation is 2. The molecule has 2 N–H and O–H groups in total. The Balaban J connectivity index is 1.34. The molecule has 0 aliphatic heterocycles. The number of anilines is 1. The van der Waals surface area contributed by atoms with E-state index in [0.717, 1.165) is 27.4 Å². The van der Waals surface area contributed by atoms with E-state index in [1.807, 2.05) is 44.2 Å². The first-order valence-electron chi connectivity index (χ1n) is 14.2. The van der Waals surface area contributed by atoms with Gasteiger partial charge in [-0.1, -0.05) is 54.1 Å². The van der Waals surface area contributed by atoms with Crippen molar-refractivity contribution >= 4 is 33.7 Å². The molecule has 0 atom stereocenters. The molecule has 4 rings (SSSR count). The molecule has 0 saturated heterocycles. The fraction of sp³-hybridized carbons (Fsp3) is 0.206. The van der Waals surface area contributed by atoms with Gasteiger partial charge < -0.3 is 14.8 Å². The normalized spacial score (nSPS) is 11.2. The van der Waals surface area contributed by atoms with E-state index in [1.54, 1.807) is 54.6 Å². The number of rotatable bonds is 14. The van der Waals surface area contributed by atoms with Crippen LogP contribution in [0.2, 0.25) is 0 Å². The molecule has 0 fully saturated rings. The summed E-state index contributed by atoms with van der Waals surface area (Å²) in [5.41, 5.74) is 6.13. The van der Waals surface area contributed by atoms with Gasteiger partial charge in [0, 0.05) is 6.54 Å². The summed E-state index contributed by atoms with van der Waals surface area (Å²) in [4.78, 5) is 25.1. The molecule has 0 heterocycles. The van der Waals surface area contributed by atoms with Crippen LogP contribution in [0.3, 0.4) is 0 Å². The van der Waals surface area contributed by atoms with Crippen molar-refractivity contribution in [3.8, 4) is 11.5 Å². The van der Waals surface area contributed by atoms with Crippen molar-refractivity contribution < 1.29 is 27.5 Å². The maximum absolute atomic E-state index is 13.7. The van der Waals surface area contributed by atoms with Crippen LogP contribution in [0.25, 0.3) is 0 Å². The Kier molecular flexibility index (Phi) is 11.3. The van der Waals surface area contributed by atoms with Gasteiger partial charge in [0.1, 0.15) is 18.0 Å². The number of carbonyl (C=O) groups excluding carboxylic acids is 2. The number of hydrogen-bond donors (Lipinski definition) is 2. The van der Waals surface area contributed by atoms with E-state index in [-0.39, 0.29) is 23.1 Å². The van der Waals surface area contributed by atoms with Gasteiger partial charge in [-0.3, -0.25) is 13.9 Å². The Bertz CT molecular complexity index is 1730. The molecule has 0 spiro atoms. The van der Waals surface area contributed by atoms with Gasteiger partial charge in [0.15, 0.2) is 6.61 Å². The van der Waals surface area contributed by atoms with Crippen molar-refractivity contribution in [2.45, 2.75) is 25.2 Å².